The topological polar surface area (TPSA) is 199 Å². The van der Waals surface area contributed by atoms with Crippen molar-refractivity contribution in [3.05, 3.63) is 36.9 Å². The fraction of sp³-hybridized carbons (Fsp3) is 0.606. The van der Waals surface area contributed by atoms with Crippen LogP contribution in [0.3, 0.4) is 0 Å². The third-order valence-electron chi connectivity index (χ3n) is 8.46. The number of hydrogen-bond donors (Lipinski definition) is 4. The molecule has 4 rings (SSSR count). The second-order valence-corrected chi connectivity index (χ2v) is 16.7. The molecule has 0 spiro atoms. The van der Waals surface area contributed by atoms with Gasteiger partial charge in [-0.15, -0.1) is 6.58 Å². The van der Waals surface area contributed by atoms with Gasteiger partial charge in [-0.1, -0.05) is 32.9 Å². The first-order chi connectivity index (χ1) is 22.7. The van der Waals surface area contributed by atoms with E-state index in [1.54, 1.807) is 65.8 Å². The summed E-state index contributed by atoms with van der Waals surface area (Å²) in [6.07, 6.45) is -0.383. The lowest BCUT2D eigenvalue weighted by atomic mass is 9.85. The van der Waals surface area contributed by atoms with Crippen molar-refractivity contribution in [2.45, 2.75) is 102 Å². The third kappa shape index (κ3) is 9.22. The standard InChI is InChI=1S/C33H47N5O10S/c1-9-19-17-33(19,28(41)37-49(44,45)23-13-14-23)36-26(39)24-16-22(47-29(42)34-20-11-10-12-21(15-20)46-8)18-38(24)27(40)25(31(2,3)4)35-30(43)48-32(5,6)7/h9-12,15,19,22-25H,1,13-14,16-18H2,2-8H3,(H,34,42)(H,35,43)(H,36,39)(H,37,41)/t19?,22-,24+,25-,33?/m1/s1. The fourth-order valence-corrected chi connectivity index (χ4v) is 7.00. The van der Waals surface area contributed by atoms with Gasteiger partial charge in [-0.05, 0) is 57.6 Å². The molecule has 0 bridgehead atoms. The first-order valence-corrected chi connectivity index (χ1v) is 17.7. The molecule has 2 saturated carbocycles. The Morgan fingerprint density at radius 1 is 1.06 bits per heavy atom. The predicted octanol–water partition coefficient (Wildman–Crippen LogP) is 2.82. The van der Waals surface area contributed by atoms with E-state index in [1.165, 1.54) is 18.1 Å². The van der Waals surface area contributed by atoms with Gasteiger partial charge in [-0.2, -0.15) is 0 Å². The summed E-state index contributed by atoms with van der Waals surface area (Å²) in [4.78, 5) is 68.5. The molecule has 1 aromatic rings. The van der Waals surface area contributed by atoms with Crippen molar-refractivity contribution in [1.29, 1.82) is 0 Å². The molecule has 0 aromatic heterocycles. The number of rotatable bonds is 11. The molecular formula is C33H47N5O10S. The molecule has 0 radical (unpaired) electrons. The smallest absolute Gasteiger partial charge is 0.411 e. The van der Waals surface area contributed by atoms with Gasteiger partial charge in [-0.25, -0.2) is 18.0 Å². The van der Waals surface area contributed by atoms with E-state index >= 15 is 0 Å². The Hall–Kier alpha value is -4.34. The molecule has 5 amide bonds. The average Bonchev–Trinajstić information content (AvgIpc) is 3.91. The summed E-state index contributed by atoms with van der Waals surface area (Å²) in [5.74, 6) is -2.37. The summed E-state index contributed by atoms with van der Waals surface area (Å²) in [6, 6.07) is 4.14. The molecule has 4 N–H and O–H groups in total. The van der Waals surface area contributed by atoms with Gasteiger partial charge in [0, 0.05) is 24.1 Å². The SMILES string of the molecule is C=CC1CC1(NC(=O)[C@@H]1C[C@@H](OC(=O)Nc2cccc(OC)c2)CN1C(=O)[C@@H](NC(=O)OC(C)(C)C)C(C)(C)C)C(=O)NS(=O)(=O)C1CC1. The average molecular weight is 706 g/mol. The number of benzene rings is 1. The van der Waals surface area contributed by atoms with Gasteiger partial charge < -0.3 is 29.7 Å². The van der Waals surface area contributed by atoms with Crippen LogP contribution in [0.25, 0.3) is 0 Å². The molecule has 16 heteroatoms. The summed E-state index contributed by atoms with van der Waals surface area (Å²) < 4.78 is 43.5. The van der Waals surface area contributed by atoms with Crippen LogP contribution in [-0.4, -0.2) is 91.5 Å². The van der Waals surface area contributed by atoms with E-state index in [9.17, 15) is 32.4 Å². The van der Waals surface area contributed by atoms with Crippen LogP contribution in [0.2, 0.25) is 0 Å². The van der Waals surface area contributed by atoms with Gasteiger partial charge in [0.2, 0.25) is 21.8 Å². The lowest BCUT2D eigenvalue weighted by molar-refractivity contribution is -0.143. The van der Waals surface area contributed by atoms with Crippen molar-refractivity contribution in [2.75, 3.05) is 19.0 Å². The summed E-state index contributed by atoms with van der Waals surface area (Å²) in [5, 5.41) is 7.25. The number of hydrogen-bond acceptors (Lipinski definition) is 10. The molecule has 3 fully saturated rings. The number of anilines is 1. The monoisotopic (exact) mass is 705 g/mol. The molecule has 2 unspecified atom stereocenters. The number of nitrogens with one attached hydrogen (secondary N) is 4. The van der Waals surface area contributed by atoms with Crippen molar-refractivity contribution in [1.82, 2.24) is 20.3 Å². The molecule has 1 aromatic carbocycles. The minimum Gasteiger partial charge on any atom is -0.497 e. The lowest BCUT2D eigenvalue weighted by Gasteiger charge is -2.36. The highest BCUT2D eigenvalue weighted by Gasteiger charge is 2.62. The Morgan fingerprint density at radius 3 is 2.29 bits per heavy atom. The normalized spacial score (nSPS) is 24.1. The molecule has 3 aliphatic rings. The Morgan fingerprint density at radius 2 is 1.73 bits per heavy atom. The van der Waals surface area contributed by atoms with E-state index in [0.717, 1.165) is 0 Å². The van der Waals surface area contributed by atoms with Crippen molar-refractivity contribution in [3.63, 3.8) is 0 Å². The summed E-state index contributed by atoms with van der Waals surface area (Å²) in [6.45, 7) is 13.7. The number of carbonyl (C=O) groups is 5. The van der Waals surface area contributed by atoms with Crippen LogP contribution in [0, 0.1) is 11.3 Å². The molecule has 1 saturated heterocycles. The molecular weight excluding hydrogens is 658 g/mol. The first-order valence-electron chi connectivity index (χ1n) is 16.1. The maximum absolute atomic E-state index is 14.2. The van der Waals surface area contributed by atoms with Crippen molar-refractivity contribution in [2.24, 2.45) is 11.3 Å². The largest absolute Gasteiger partial charge is 0.497 e. The number of carbonyl (C=O) groups excluding carboxylic acids is 5. The predicted molar refractivity (Wildman–Crippen MR) is 179 cm³/mol. The van der Waals surface area contributed by atoms with Crippen molar-refractivity contribution in [3.8, 4) is 5.75 Å². The van der Waals surface area contributed by atoms with Crippen LogP contribution < -0.4 is 25.4 Å². The van der Waals surface area contributed by atoms with Crippen LogP contribution >= 0.6 is 0 Å². The fourth-order valence-electron chi connectivity index (χ4n) is 5.63. The van der Waals surface area contributed by atoms with E-state index in [0.29, 0.717) is 24.3 Å². The van der Waals surface area contributed by atoms with Crippen LogP contribution in [0.4, 0.5) is 15.3 Å². The number of ether oxygens (including phenoxy) is 3. The van der Waals surface area contributed by atoms with Gasteiger partial charge >= 0.3 is 12.2 Å². The minimum atomic E-state index is -3.92. The molecule has 2 aliphatic carbocycles. The first kappa shape index (κ1) is 37.5. The number of nitrogens with zero attached hydrogens (tertiary/aromatic N) is 1. The van der Waals surface area contributed by atoms with Gasteiger partial charge in [0.15, 0.2) is 0 Å². The quantitative estimate of drug-likeness (QED) is 0.248. The Kier molecular flexibility index (Phi) is 10.6. The number of likely N-dealkylation sites (tertiary alicyclic amines) is 1. The molecule has 5 atom stereocenters. The lowest BCUT2D eigenvalue weighted by Crippen LogP contribution is -2.60. The molecule has 15 nitrogen and oxygen atoms in total. The second kappa shape index (κ2) is 13.9. The zero-order chi connectivity index (χ0) is 36.5. The maximum Gasteiger partial charge on any atom is 0.411 e. The van der Waals surface area contributed by atoms with Crippen molar-refractivity contribution >= 4 is 45.6 Å². The Bertz CT molecular complexity index is 1600. The van der Waals surface area contributed by atoms with E-state index in [-0.39, 0.29) is 19.4 Å². The number of alkyl carbamates (subject to hydrolysis) is 1. The Balaban J connectivity index is 1.58. The molecule has 49 heavy (non-hydrogen) atoms. The highest BCUT2D eigenvalue weighted by atomic mass is 32.2. The Labute approximate surface area is 286 Å². The summed E-state index contributed by atoms with van der Waals surface area (Å²) in [5.41, 5.74) is -2.93. The zero-order valence-corrected chi connectivity index (χ0v) is 29.8. The van der Waals surface area contributed by atoms with Crippen molar-refractivity contribution < 1.29 is 46.6 Å². The van der Waals surface area contributed by atoms with Crippen LogP contribution in [0.5, 0.6) is 5.75 Å². The number of sulfonamides is 1. The van der Waals surface area contributed by atoms with Gasteiger partial charge in [0.25, 0.3) is 5.91 Å². The van der Waals surface area contributed by atoms with Crippen LogP contribution in [-0.2, 0) is 33.9 Å². The molecule has 270 valence electrons. The van der Waals surface area contributed by atoms with Crippen LogP contribution in [0.15, 0.2) is 36.9 Å². The van der Waals surface area contributed by atoms with Gasteiger partial charge in [0.05, 0.1) is 18.9 Å². The summed E-state index contributed by atoms with van der Waals surface area (Å²) >= 11 is 0. The number of amides is 5. The highest BCUT2D eigenvalue weighted by Crippen LogP contribution is 2.45. The third-order valence-corrected chi connectivity index (χ3v) is 10.3. The minimum absolute atomic E-state index is 0.0998. The summed E-state index contributed by atoms with van der Waals surface area (Å²) in [7, 11) is -2.44. The maximum atomic E-state index is 14.2. The van der Waals surface area contributed by atoms with E-state index in [1.807, 2.05) is 0 Å². The molecule has 1 aliphatic heterocycles. The van der Waals surface area contributed by atoms with E-state index in [2.05, 4.69) is 27.3 Å². The second-order valence-electron chi connectivity index (χ2n) is 14.8. The van der Waals surface area contributed by atoms with Gasteiger partial charge in [0.1, 0.15) is 35.1 Å². The highest BCUT2D eigenvalue weighted by molar-refractivity contribution is 7.91. The van der Waals surface area contributed by atoms with Crippen LogP contribution in [0.1, 0.15) is 67.2 Å². The van der Waals surface area contributed by atoms with E-state index in [4.69, 9.17) is 14.2 Å². The van der Waals surface area contributed by atoms with E-state index < -0.39 is 85.8 Å². The molecule has 1 heterocycles. The van der Waals surface area contributed by atoms with Gasteiger partial charge in [-0.3, -0.25) is 24.4 Å². The number of methoxy groups -OCH3 is 1. The zero-order valence-electron chi connectivity index (χ0n) is 29.0.